The van der Waals surface area contributed by atoms with Crippen molar-refractivity contribution in [2.45, 2.75) is 26.6 Å². The first kappa shape index (κ1) is 18.1. The van der Waals surface area contributed by atoms with E-state index < -0.39 is 19.6 Å². The molecule has 0 radical (unpaired) electrons. The maximum atomic E-state index is 11.9. The van der Waals surface area contributed by atoms with E-state index in [2.05, 4.69) is 23.9 Å². The van der Waals surface area contributed by atoms with Crippen LogP contribution in [0.25, 0.3) is 0 Å². The molecule has 0 bridgehead atoms. The molecule has 0 unspecified atom stereocenters. The summed E-state index contributed by atoms with van der Waals surface area (Å²) in [5.74, 6) is 0.848. The van der Waals surface area contributed by atoms with Crippen LogP contribution in [0.15, 0.2) is 18.2 Å². The van der Waals surface area contributed by atoms with Crippen molar-refractivity contribution in [3.8, 4) is 5.75 Å². The zero-order valence-electron chi connectivity index (χ0n) is 12.0. The van der Waals surface area contributed by atoms with E-state index >= 15 is 0 Å². The second-order valence-electron chi connectivity index (χ2n) is 5.02. The zero-order chi connectivity index (χ0) is 15.9. The van der Waals surface area contributed by atoms with Gasteiger partial charge in [-0.05, 0) is 30.2 Å². The Hall–Kier alpha value is -0.980. The number of hydrogen-bond acceptors (Lipinski definition) is 3. The summed E-state index contributed by atoms with van der Waals surface area (Å²) < 4.78 is 45.0. The van der Waals surface area contributed by atoms with E-state index in [9.17, 15) is 13.2 Å². The van der Waals surface area contributed by atoms with Crippen molar-refractivity contribution in [1.29, 1.82) is 0 Å². The van der Waals surface area contributed by atoms with E-state index in [-0.39, 0.29) is 0 Å². The van der Waals surface area contributed by atoms with Gasteiger partial charge in [-0.15, -0.1) is 0 Å². The van der Waals surface area contributed by atoms with Crippen LogP contribution in [0.4, 0.5) is 13.2 Å². The standard InChI is InChI=1S/C14H19ClF3NO2/c1-10(2)6-19-7-11-3-4-13(12(15)5-11)21-9-20-8-14(16,17)18/h3-5,10,19H,6-9H2,1-2H3. The van der Waals surface area contributed by atoms with Crippen molar-refractivity contribution in [2.75, 3.05) is 19.9 Å². The van der Waals surface area contributed by atoms with Crippen LogP contribution in [0, 0.1) is 5.92 Å². The van der Waals surface area contributed by atoms with Crippen LogP contribution >= 0.6 is 11.6 Å². The number of halogens is 4. The Morgan fingerprint density at radius 1 is 1.29 bits per heavy atom. The van der Waals surface area contributed by atoms with Gasteiger partial charge in [-0.1, -0.05) is 31.5 Å². The summed E-state index contributed by atoms with van der Waals surface area (Å²) in [7, 11) is 0. The molecule has 1 N–H and O–H groups in total. The molecule has 0 aliphatic rings. The van der Waals surface area contributed by atoms with Crippen molar-refractivity contribution in [1.82, 2.24) is 5.32 Å². The summed E-state index contributed by atoms with van der Waals surface area (Å²) >= 11 is 6.01. The zero-order valence-corrected chi connectivity index (χ0v) is 12.7. The van der Waals surface area contributed by atoms with E-state index in [1.165, 1.54) is 0 Å². The molecule has 1 aromatic carbocycles. The molecule has 0 aliphatic heterocycles. The second kappa shape index (κ2) is 8.46. The molecular weight excluding hydrogens is 307 g/mol. The highest BCUT2D eigenvalue weighted by Crippen LogP contribution is 2.25. The molecule has 0 amide bonds. The topological polar surface area (TPSA) is 30.5 Å². The molecule has 0 saturated carbocycles. The molecule has 3 nitrogen and oxygen atoms in total. The number of hydrogen-bond donors (Lipinski definition) is 1. The van der Waals surface area contributed by atoms with Gasteiger partial charge in [-0.25, -0.2) is 0 Å². The fourth-order valence-corrected chi connectivity index (χ4v) is 1.80. The average molecular weight is 326 g/mol. The average Bonchev–Trinajstić information content (AvgIpc) is 2.35. The molecule has 21 heavy (non-hydrogen) atoms. The van der Waals surface area contributed by atoms with Gasteiger partial charge in [0, 0.05) is 6.54 Å². The quantitative estimate of drug-likeness (QED) is 0.579. The summed E-state index contributed by atoms with van der Waals surface area (Å²) in [6.45, 7) is 3.94. The van der Waals surface area contributed by atoms with E-state index in [1.54, 1.807) is 18.2 Å². The lowest BCUT2D eigenvalue weighted by atomic mass is 10.2. The van der Waals surface area contributed by atoms with Crippen LogP contribution in [0.1, 0.15) is 19.4 Å². The summed E-state index contributed by atoms with van der Waals surface area (Å²) in [5.41, 5.74) is 0.976. The Balaban J connectivity index is 2.39. The van der Waals surface area contributed by atoms with Crippen LogP contribution in [0.2, 0.25) is 5.02 Å². The first-order valence-corrected chi connectivity index (χ1v) is 6.92. The molecule has 0 spiro atoms. The predicted molar refractivity (Wildman–Crippen MR) is 75.5 cm³/mol. The Kier molecular flexibility index (Phi) is 7.28. The maximum Gasteiger partial charge on any atom is 0.411 e. The molecule has 120 valence electrons. The van der Waals surface area contributed by atoms with Crippen molar-refractivity contribution < 1.29 is 22.6 Å². The third-order valence-electron chi connectivity index (χ3n) is 2.44. The smallest absolute Gasteiger partial charge is 0.411 e. The van der Waals surface area contributed by atoms with Gasteiger partial charge in [-0.3, -0.25) is 0 Å². The van der Waals surface area contributed by atoms with Gasteiger partial charge in [0.2, 0.25) is 0 Å². The lowest BCUT2D eigenvalue weighted by Crippen LogP contribution is -2.19. The van der Waals surface area contributed by atoms with Crippen molar-refractivity contribution in [3.63, 3.8) is 0 Å². The van der Waals surface area contributed by atoms with Crippen LogP contribution in [-0.4, -0.2) is 26.1 Å². The molecule has 0 heterocycles. The van der Waals surface area contributed by atoms with Gasteiger partial charge < -0.3 is 14.8 Å². The maximum absolute atomic E-state index is 11.9. The van der Waals surface area contributed by atoms with Crippen molar-refractivity contribution in [2.24, 2.45) is 5.92 Å². The van der Waals surface area contributed by atoms with Gasteiger partial charge >= 0.3 is 6.18 Å². The first-order valence-electron chi connectivity index (χ1n) is 6.54. The van der Waals surface area contributed by atoms with E-state index in [0.29, 0.717) is 23.2 Å². The highest BCUT2D eigenvalue weighted by Gasteiger charge is 2.27. The minimum absolute atomic E-state index is 0.298. The van der Waals surface area contributed by atoms with Crippen LogP contribution in [0.5, 0.6) is 5.75 Å². The minimum atomic E-state index is -4.36. The van der Waals surface area contributed by atoms with Gasteiger partial charge in [0.25, 0.3) is 0 Å². The third-order valence-corrected chi connectivity index (χ3v) is 2.74. The summed E-state index contributed by atoms with van der Waals surface area (Å²) in [6, 6.07) is 5.14. The van der Waals surface area contributed by atoms with Gasteiger partial charge in [0.05, 0.1) is 5.02 Å². The SMILES string of the molecule is CC(C)CNCc1ccc(OCOCC(F)(F)F)c(Cl)c1. The molecule has 1 aromatic rings. The van der Waals surface area contributed by atoms with Crippen LogP contribution in [-0.2, 0) is 11.3 Å². The molecule has 0 aliphatic carbocycles. The van der Waals surface area contributed by atoms with Gasteiger partial charge in [0.1, 0.15) is 12.4 Å². The monoisotopic (exact) mass is 325 g/mol. The van der Waals surface area contributed by atoms with Crippen molar-refractivity contribution >= 4 is 11.6 Å². The molecule has 7 heteroatoms. The summed E-state index contributed by atoms with van der Waals surface area (Å²) in [6.07, 6.45) is -4.36. The lowest BCUT2D eigenvalue weighted by Gasteiger charge is -2.12. The summed E-state index contributed by atoms with van der Waals surface area (Å²) in [4.78, 5) is 0. The van der Waals surface area contributed by atoms with E-state index in [0.717, 1.165) is 12.1 Å². The van der Waals surface area contributed by atoms with Crippen LogP contribution in [0.3, 0.4) is 0 Å². The lowest BCUT2D eigenvalue weighted by molar-refractivity contribution is -0.186. The number of benzene rings is 1. The molecule has 1 rings (SSSR count). The Morgan fingerprint density at radius 3 is 2.57 bits per heavy atom. The van der Waals surface area contributed by atoms with Crippen LogP contribution < -0.4 is 10.1 Å². The number of nitrogens with one attached hydrogen (secondary N) is 1. The number of rotatable bonds is 8. The third kappa shape index (κ3) is 8.14. The Bertz CT molecular complexity index is 439. The largest absolute Gasteiger partial charge is 0.466 e. The molecule has 0 saturated heterocycles. The Morgan fingerprint density at radius 2 is 2.00 bits per heavy atom. The normalized spacial score (nSPS) is 12.0. The van der Waals surface area contributed by atoms with Gasteiger partial charge in [-0.2, -0.15) is 13.2 Å². The van der Waals surface area contributed by atoms with Gasteiger partial charge in [0.15, 0.2) is 6.79 Å². The molecular formula is C14H19ClF3NO2. The second-order valence-corrected chi connectivity index (χ2v) is 5.42. The fourth-order valence-electron chi connectivity index (χ4n) is 1.54. The first-order chi connectivity index (χ1) is 9.78. The number of alkyl halides is 3. The number of ether oxygens (including phenoxy) is 2. The summed E-state index contributed by atoms with van der Waals surface area (Å²) in [5, 5.41) is 3.61. The molecule has 0 aromatic heterocycles. The minimum Gasteiger partial charge on any atom is -0.466 e. The highest BCUT2D eigenvalue weighted by atomic mass is 35.5. The highest BCUT2D eigenvalue weighted by molar-refractivity contribution is 6.32. The Labute approximate surface area is 127 Å². The fraction of sp³-hybridized carbons (Fsp3) is 0.571. The van der Waals surface area contributed by atoms with E-state index in [4.69, 9.17) is 16.3 Å². The molecule has 0 atom stereocenters. The van der Waals surface area contributed by atoms with E-state index in [1.807, 2.05) is 0 Å². The predicted octanol–water partition coefficient (Wildman–Crippen LogP) is 4.00. The van der Waals surface area contributed by atoms with Crippen molar-refractivity contribution in [3.05, 3.63) is 28.8 Å². The molecule has 0 fully saturated rings.